The Balaban J connectivity index is 1.79. The molecule has 3 rings (SSSR count). The van der Waals surface area contributed by atoms with E-state index < -0.39 is 0 Å². The fraction of sp³-hybridized carbons (Fsp3) is 0.261. The minimum absolute atomic E-state index is 0.0835. The number of benzene rings is 2. The molecule has 0 unspecified atom stereocenters. The first-order valence-electron chi connectivity index (χ1n) is 9.60. The number of nitrogens with one attached hydrogen (secondary N) is 1. The molecular formula is C23H27N5O. The molecule has 0 aliphatic heterocycles. The van der Waals surface area contributed by atoms with Gasteiger partial charge in [-0.1, -0.05) is 24.3 Å². The Kier molecular flexibility index (Phi) is 6.44. The van der Waals surface area contributed by atoms with Crippen LogP contribution in [0.3, 0.4) is 0 Å². The molecule has 0 amide bonds. The topological polar surface area (TPSA) is 62.6 Å². The van der Waals surface area contributed by atoms with E-state index in [1.165, 1.54) is 0 Å². The summed E-state index contributed by atoms with van der Waals surface area (Å²) in [5.74, 6) is 2.10. The third-order valence-electron chi connectivity index (χ3n) is 4.17. The largest absolute Gasteiger partial charge is 0.490 e. The van der Waals surface area contributed by atoms with E-state index in [4.69, 9.17) is 4.74 Å². The third kappa shape index (κ3) is 5.54. The van der Waals surface area contributed by atoms with E-state index in [1.54, 1.807) is 6.21 Å². The zero-order valence-electron chi connectivity index (χ0n) is 17.5. The number of hydrogen-bond acceptors (Lipinski definition) is 6. The van der Waals surface area contributed by atoms with Gasteiger partial charge < -0.3 is 9.64 Å². The van der Waals surface area contributed by atoms with E-state index in [0.717, 1.165) is 28.3 Å². The average molecular weight is 390 g/mol. The Hall–Kier alpha value is -3.41. The minimum Gasteiger partial charge on any atom is -0.490 e. The minimum atomic E-state index is 0.0835. The maximum absolute atomic E-state index is 5.93. The van der Waals surface area contributed by atoms with Crippen molar-refractivity contribution in [3.05, 3.63) is 66.0 Å². The van der Waals surface area contributed by atoms with Crippen LogP contribution in [-0.2, 0) is 0 Å². The first kappa shape index (κ1) is 20.3. The summed E-state index contributed by atoms with van der Waals surface area (Å²) in [6.45, 7) is 5.88. The lowest BCUT2D eigenvalue weighted by molar-refractivity contribution is 0.243. The maximum atomic E-state index is 5.93. The summed E-state index contributed by atoms with van der Waals surface area (Å²) in [5, 5.41) is 4.32. The summed E-state index contributed by atoms with van der Waals surface area (Å²) in [5.41, 5.74) is 6.88. The van der Waals surface area contributed by atoms with Crippen molar-refractivity contribution >= 4 is 17.7 Å². The summed E-state index contributed by atoms with van der Waals surface area (Å²) in [4.78, 5) is 11.1. The number of aryl methyl sites for hydroxylation is 1. The summed E-state index contributed by atoms with van der Waals surface area (Å²) in [6.07, 6.45) is 1.85. The van der Waals surface area contributed by atoms with E-state index in [2.05, 4.69) is 37.5 Å². The molecule has 1 heterocycles. The molecule has 0 bridgehead atoms. The quantitative estimate of drug-likeness (QED) is 0.467. The molecule has 3 aromatic rings. The van der Waals surface area contributed by atoms with Crippen molar-refractivity contribution in [3.8, 4) is 17.0 Å². The van der Waals surface area contributed by atoms with Crippen LogP contribution < -0.4 is 15.1 Å². The second-order valence-electron chi connectivity index (χ2n) is 7.20. The molecule has 6 nitrogen and oxygen atoms in total. The van der Waals surface area contributed by atoms with Gasteiger partial charge in [0.2, 0.25) is 0 Å². The van der Waals surface area contributed by atoms with Crippen molar-refractivity contribution in [2.75, 3.05) is 24.4 Å². The molecule has 0 aliphatic carbocycles. The Morgan fingerprint density at radius 1 is 1.03 bits per heavy atom. The molecule has 1 N–H and O–H groups in total. The monoisotopic (exact) mass is 389 g/mol. The Bertz CT molecular complexity index is 981. The van der Waals surface area contributed by atoms with E-state index in [1.807, 2.05) is 77.3 Å². The van der Waals surface area contributed by atoms with Gasteiger partial charge in [0.25, 0.3) is 0 Å². The van der Waals surface area contributed by atoms with Gasteiger partial charge in [-0.25, -0.2) is 9.97 Å². The average Bonchev–Trinajstić information content (AvgIpc) is 2.68. The van der Waals surface area contributed by atoms with Crippen molar-refractivity contribution in [2.24, 2.45) is 5.10 Å². The van der Waals surface area contributed by atoms with Crippen LogP contribution in [0, 0.1) is 6.92 Å². The van der Waals surface area contributed by atoms with Crippen LogP contribution in [-0.4, -0.2) is 36.4 Å². The Morgan fingerprint density at radius 2 is 1.76 bits per heavy atom. The molecule has 0 fully saturated rings. The first-order chi connectivity index (χ1) is 13.9. The second-order valence-corrected chi connectivity index (χ2v) is 7.20. The lowest BCUT2D eigenvalue weighted by Gasteiger charge is -2.14. The SMILES string of the molecule is Cc1nc(N/N=C/c2ccc(N(C)C)cc2)cc(-c2ccccc2OC(C)C)n1. The van der Waals surface area contributed by atoms with E-state index in [-0.39, 0.29) is 6.10 Å². The molecule has 0 radical (unpaired) electrons. The van der Waals surface area contributed by atoms with Crippen LogP contribution in [0.15, 0.2) is 59.7 Å². The highest BCUT2D eigenvalue weighted by atomic mass is 16.5. The van der Waals surface area contributed by atoms with Crippen molar-refractivity contribution < 1.29 is 4.74 Å². The van der Waals surface area contributed by atoms with Gasteiger partial charge >= 0.3 is 0 Å². The van der Waals surface area contributed by atoms with Gasteiger partial charge in [-0.2, -0.15) is 5.10 Å². The van der Waals surface area contributed by atoms with E-state index >= 15 is 0 Å². The standard InChI is InChI=1S/C23H27N5O/c1-16(2)29-22-9-7-6-8-20(22)21-14-23(26-17(3)25-21)27-24-15-18-10-12-19(13-11-18)28(4)5/h6-16H,1-5H3,(H,25,26,27)/b24-15+. The fourth-order valence-electron chi connectivity index (χ4n) is 2.83. The number of para-hydroxylation sites is 1. The first-order valence-corrected chi connectivity index (χ1v) is 9.60. The van der Waals surface area contributed by atoms with Gasteiger partial charge in [-0.3, -0.25) is 5.43 Å². The second kappa shape index (κ2) is 9.19. The highest BCUT2D eigenvalue weighted by Crippen LogP contribution is 2.30. The predicted molar refractivity (Wildman–Crippen MR) is 120 cm³/mol. The zero-order chi connectivity index (χ0) is 20.8. The summed E-state index contributed by atoms with van der Waals surface area (Å²) in [7, 11) is 4.04. The number of anilines is 2. The lowest BCUT2D eigenvalue weighted by Crippen LogP contribution is -2.08. The van der Waals surface area contributed by atoms with Gasteiger partial charge in [-0.15, -0.1) is 0 Å². The van der Waals surface area contributed by atoms with Crippen LogP contribution in [0.1, 0.15) is 25.2 Å². The van der Waals surface area contributed by atoms with E-state index in [0.29, 0.717) is 11.6 Å². The Labute approximate surface area is 172 Å². The van der Waals surface area contributed by atoms with Crippen LogP contribution >= 0.6 is 0 Å². The summed E-state index contributed by atoms with van der Waals surface area (Å²) >= 11 is 0. The van der Waals surface area contributed by atoms with Gasteiger partial charge in [0.05, 0.1) is 18.0 Å². The molecule has 2 aromatic carbocycles. The summed E-state index contributed by atoms with van der Waals surface area (Å²) < 4.78 is 5.93. The Morgan fingerprint density at radius 3 is 2.45 bits per heavy atom. The molecule has 6 heteroatoms. The van der Waals surface area contributed by atoms with Crippen molar-refractivity contribution in [3.63, 3.8) is 0 Å². The van der Waals surface area contributed by atoms with Crippen LogP contribution in [0.2, 0.25) is 0 Å². The van der Waals surface area contributed by atoms with Crippen LogP contribution in [0.25, 0.3) is 11.3 Å². The molecule has 0 atom stereocenters. The van der Waals surface area contributed by atoms with Crippen molar-refractivity contribution in [1.29, 1.82) is 0 Å². The summed E-state index contributed by atoms with van der Waals surface area (Å²) in [6, 6.07) is 17.9. The molecule has 0 aliphatic rings. The molecule has 150 valence electrons. The molecule has 0 saturated carbocycles. The van der Waals surface area contributed by atoms with E-state index in [9.17, 15) is 0 Å². The van der Waals surface area contributed by atoms with Crippen molar-refractivity contribution in [1.82, 2.24) is 9.97 Å². The number of aromatic nitrogens is 2. The highest BCUT2D eigenvalue weighted by molar-refractivity contribution is 5.81. The number of ether oxygens (including phenoxy) is 1. The highest BCUT2D eigenvalue weighted by Gasteiger charge is 2.11. The molecule has 29 heavy (non-hydrogen) atoms. The predicted octanol–water partition coefficient (Wildman–Crippen LogP) is 4.75. The normalized spacial score (nSPS) is 11.1. The number of hydrazone groups is 1. The smallest absolute Gasteiger partial charge is 0.150 e. The molecule has 0 spiro atoms. The van der Waals surface area contributed by atoms with Gasteiger partial charge in [-0.05, 0) is 50.6 Å². The molecular weight excluding hydrogens is 362 g/mol. The zero-order valence-corrected chi connectivity index (χ0v) is 17.5. The number of nitrogens with zero attached hydrogens (tertiary/aromatic N) is 4. The fourth-order valence-corrected chi connectivity index (χ4v) is 2.83. The maximum Gasteiger partial charge on any atom is 0.150 e. The number of hydrogen-bond donors (Lipinski definition) is 1. The lowest BCUT2D eigenvalue weighted by atomic mass is 10.1. The molecule has 1 aromatic heterocycles. The molecule has 0 saturated heterocycles. The number of rotatable bonds is 7. The van der Waals surface area contributed by atoms with Crippen LogP contribution in [0.4, 0.5) is 11.5 Å². The van der Waals surface area contributed by atoms with Crippen LogP contribution in [0.5, 0.6) is 5.75 Å². The third-order valence-corrected chi connectivity index (χ3v) is 4.17. The van der Waals surface area contributed by atoms with Gasteiger partial charge in [0, 0.05) is 31.4 Å². The van der Waals surface area contributed by atoms with Crippen molar-refractivity contribution in [2.45, 2.75) is 26.9 Å². The van der Waals surface area contributed by atoms with Gasteiger partial charge in [0.15, 0.2) is 0 Å². The van der Waals surface area contributed by atoms with Gasteiger partial charge in [0.1, 0.15) is 17.4 Å².